The molecule has 2 aliphatic rings. The van der Waals surface area contributed by atoms with Crippen LogP contribution in [0.4, 0.5) is 0 Å². The summed E-state index contributed by atoms with van der Waals surface area (Å²) < 4.78 is 13.2. The van der Waals surface area contributed by atoms with Crippen LogP contribution in [0.5, 0.6) is 5.75 Å². The van der Waals surface area contributed by atoms with Crippen LogP contribution in [0.2, 0.25) is 0 Å². The summed E-state index contributed by atoms with van der Waals surface area (Å²) >= 11 is 0. The lowest BCUT2D eigenvalue weighted by Gasteiger charge is -2.35. The number of ether oxygens (including phenoxy) is 2. The summed E-state index contributed by atoms with van der Waals surface area (Å²) in [5.41, 5.74) is 3.07. The number of pyridine rings is 1. The number of nitrogens with zero attached hydrogens (tertiary/aromatic N) is 3. The van der Waals surface area contributed by atoms with Gasteiger partial charge in [0.15, 0.2) is 0 Å². The van der Waals surface area contributed by atoms with E-state index in [4.69, 9.17) is 9.47 Å². The maximum absolute atomic E-state index is 14.0. The first kappa shape index (κ1) is 21.0. The van der Waals surface area contributed by atoms with Crippen LogP contribution in [0, 0.1) is 5.92 Å². The highest BCUT2D eigenvalue weighted by Gasteiger charge is 2.45. The molecule has 0 spiro atoms. The van der Waals surface area contributed by atoms with E-state index in [9.17, 15) is 4.79 Å². The smallest absolute Gasteiger partial charge is 0.233 e. The van der Waals surface area contributed by atoms with E-state index in [0.717, 1.165) is 55.5 Å². The van der Waals surface area contributed by atoms with Gasteiger partial charge in [0.1, 0.15) is 5.75 Å². The van der Waals surface area contributed by atoms with Crippen molar-refractivity contribution in [1.29, 1.82) is 0 Å². The third-order valence-electron chi connectivity index (χ3n) is 7.17. The first-order chi connectivity index (χ1) is 15.7. The van der Waals surface area contributed by atoms with Gasteiger partial charge in [-0.2, -0.15) is 5.10 Å². The molecule has 2 fully saturated rings. The third-order valence-corrected chi connectivity index (χ3v) is 7.17. The molecule has 1 saturated carbocycles. The number of carbonyl (C=O) groups is 1. The van der Waals surface area contributed by atoms with Crippen molar-refractivity contribution in [2.24, 2.45) is 5.92 Å². The summed E-state index contributed by atoms with van der Waals surface area (Å²) in [4.78, 5) is 16.1. The molecular formula is C26H31N3O3. The number of amides is 1. The van der Waals surface area contributed by atoms with E-state index in [2.05, 4.69) is 28.2 Å². The fraction of sp³-hybridized carbons (Fsp3) is 0.462. The summed E-state index contributed by atoms with van der Waals surface area (Å²) in [6.45, 7) is 2.66. The van der Waals surface area contributed by atoms with Crippen LogP contribution < -0.4 is 4.74 Å². The average molecular weight is 434 g/mol. The van der Waals surface area contributed by atoms with E-state index in [-0.39, 0.29) is 11.8 Å². The number of benzene rings is 1. The van der Waals surface area contributed by atoms with Gasteiger partial charge in [-0.15, -0.1) is 0 Å². The number of hydrogen-bond acceptors (Lipinski definition) is 4. The molecule has 3 heterocycles. The minimum absolute atomic E-state index is 0.261. The molecule has 1 aromatic carbocycles. The maximum atomic E-state index is 14.0. The van der Waals surface area contributed by atoms with Crippen molar-refractivity contribution < 1.29 is 14.3 Å². The van der Waals surface area contributed by atoms with Crippen LogP contribution in [0.25, 0.3) is 5.52 Å². The van der Waals surface area contributed by atoms with Gasteiger partial charge < -0.3 is 14.4 Å². The number of hydrogen-bond donors (Lipinski definition) is 0. The SMILES string of the molecule is COc1ccc(C2(C(=O)N3CCOCC(Cc4cccn5nccc45)C3)CCCC2)cc1. The minimum Gasteiger partial charge on any atom is -0.497 e. The summed E-state index contributed by atoms with van der Waals surface area (Å²) in [6, 6.07) is 14.3. The Bertz CT molecular complexity index is 1070. The molecule has 32 heavy (non-hydrogen) atoms. The van der Waals surface area contributed by atoms with Crippen molar-refractivity contribution in [2.45, 2.75) is 37.5 Å². The molecule has 1 saturated heterocycles. The zero-order chi connectivity index (χ0) is 22.0. The Morgan fingerprint density at radius 2 is 2.00 bits per heavy atom. The largest absolute Gasteiger partial charge is 0.497 e. The van der Waals surface area contributed by atoms with Crippen LogP contribution in [0.15, 0.2) is 54.9 Å². The van der Waals surface area contributed by atoms with Crippen LogP contribution in [0.3, 0.4) is 0 Å². The molecule has 6 heteroatoms. The highest BCUT2D eigenvalue weighted by Crippen LogP contribution is 2.43. The maximum Gasteiger partial charge on any atom is 0.233 e. The van der Waals surface area contributed by atoms with Gasteiger partial charge in [0, 0.05) is 31.4 Å². The van der Waals surface area contributed by atoms with Crippen LogP contribution in [0.1, 0.15) is 36.8 Å². The second-order valence-electron chi connectivity index (χ2n) is 9.11. The minimum atomic E-state index is -0.424. The number of carbonyl (C=O) groups excluding carboxylic acids is 1. The highest BCUT2D eigenvalue weighted by molar-refractivity contribution is 5.88. The van der Waals surface area contributed by atoms with E-state index in [1.807, 2.05) is 41.2 Å². The second-order valence-corrected chi connectivity index (χ2v) is 9.11. The van der Waals surface area contributed by atoms with Gasteiger partial charge >= 0.3 is 0 Å². The van der Waals surface area contributed by atoms with Gasteiger partial charge in [-0.25, -0.2) is 4.52 Å². The third kappa shape index (κ3) is 3.88. The van der Waals surface area contributed by atoms with E-state index < -0.39 is 5.41 Å². The monoisotopic (exact) mass is 433 g/mol. The Hall–Kier alpha value is -2.86. The van der Waals surface area contributed by atoms with Crippen molar-refractivity contribution in [1.82, 2.24) is 14.5 Å². The molecule has 1 aliphatic heterocycles. The molecule has 168 valence electrons. The summed E-state index contributed by atoms with van der Waals surface area (Å²) in [7, 11) is 1.67. The molecule has 1 atom stereocenters. The van der Waals surface area contributed by atoms with Crippen LogP contribution >= 0.6 is 0 Å². The van der Waals surface area contributed by atoms with Crippen molar-refractivity contribution >= 4 is 11.4 Å². The van der Waals surface area contributed by atoms with Crippen LogP contribution in [-0.4, -0.2) is 53.8 Å². The van der Waals surface area contributed by atoms with E-state index in [1.54, 1.807) is 7.11 Å². The molecule has 3 aromatic rings. The zero-order valence-electron chi connectivity index (χ0n) is 18.7. The summed E-state index contributed by atoms with van der Waals surface area (Å²) in [5.74, 6) is 1.35. The highest BCUT2D eigenvalue weighted by atomic mass is 16.5. The lowest BCUT2D eigenvalue weighted by Crippen LogP contribution is -2.47. The summed E-state index contributed by atoms with van der Waals surface area (Å²) in [5, 5.41) is 4.35. The van der Waals surface area contributed by atoms with Gasteiger partial charge in [-0.1, -0.05) is 31.0 Å². The van der Waals surface area contributed by atoms with Crippen molar-refractivity contribution in [3.8, 4) is 5.75 Å². The fourth-order valence-corrected chi connectivity index (χ4v) is 5.50. The Kier molecular flexibility index (Phi) is 5.87. The van der Waals surface area contributed by atoms with Crippen molar-refractivity contribution in [3.05, 3.63) is 66.0 Å². The van der Waals surface area contributed by atoms with Crippen molar-refractivity contribution in [2.75, 3.05) is 33.4 Å². The molecule has 1 unspecified atom stereocenters. The van der Waals surface area contributed by atoms with Gasteiger partial charge in [0.2, 0.25) is 5.91 Å². The zero-order valence-corrected chi connectivity index (χ0v) is 18.7. The van der Waals surface area contributed by atoms with Gasteiger partial charge in [0.25, 0.3) is 0 Å². The average Bonchev–Trinajstić information content (AvgIpc) is 3.46. The van der Waals surface area contributed by atoms with E-state index >= 15 is 0 Å². The van der Waals surface area contributed by atoms with Crippen LogP contribution in [-0.2, 0) is 21.4 Å². The molecule has 1 amide bonds. The quantitative estimate of drug-likeness (QED) is 0.613. The molecule has 2 aromatic heterocycles. The second kappa shape index (κ2) is 8.94. The molecule has 0 N–H and O–H groups in total. The predicted octanol–water partition coefficient (Wildman–Crippen LogP) is 3.87. The Labute approximate surface area is 189 Å². The molecule has 1 aliphatic carbocycles. The number of fused-ring (bicyclic) bond motifs is 1. The number of rotatable bonds is 5. The first-order valence-electron chi connectivity index (χ1n) is 11.6. The van der Waals surface area contributed by atoms with Gasteiger partial charge in [-0.05, 0) is 54.7 Å². The Balaban J connectivity index is 1.38. The molecule has 0 radical (unpaired) electrons. The lowest BCUT2D eigenvalue weighted by molar-refractivity contribution is -0.137. The number of aromatic nitrogens is 2. The van der Waals surface area contributed by atoms with Gasteiger partial charge in [-0.3, -0.25) is 4.79 Å². The Morgan fingerprint density at radius 3 is 2.78 bits per heavy atom. The predicted molar refractivity (Wildman–Crippen MR) is 123 cm³/mol. The van der Waals surface area contributed by atoms with E-state index in [1.165, 1.54) is 5.56 Å². The fourth-order valence-electron chi connectivity index (χ4n) is 5.50. The normalized spacial score (nSPS) is 20.9. The molecule has 6 nitrogen and oxygen atoms in total. The Morgan fingerprint density at radius 1 is 1.19 bits per heavy atom. The van der Waals surface area contributed by atoms with Crippen molar-refractivity contribution in [3.63, 3.8) is 0 Å². The molecule has 5 rings (SSSR count). The first-order valence-corrected chi connectivity index (χ1v) is 11.6. The van der Waals surface area contributed by atoms with Gasteiger partial charge in [0.05, 0.1) is 31.3 Å². The lowest BCUT2D eigenvalue weighted by atomic mass is 9.77. The molecular weight excluding hydrogens is 402 g/mol. The standard InChI is InChI=1S/C26H31N3O3/c1-31-23-8-6-22(7-9-23)26(11-2-3-12-26)25(30)28-15-16-32-19-20(18-28)17-21-5-4-14-29-24(21)10-13-27-29/h4-10,13-14,20H,2-3,11-12,15-19H2,1H3. The molecule has 0 bridgehead atoms. The number of methoxy groups -OCH3 is 1. The summed E-state index contributed by atoms with van der Waals surface area (Å²) in [6.07, 6.45) is 8.68. The topological polar surface area (TPSA) is 56.1 Å². The van der Waals surface area contributed by atoms with E-state index in [0.29, 0.717) is 19.8 Å².